The van der Waals surface area contributed by atoms with Gasteiger partial charge in [-0.3, -0.25) is 0 Å². The molecule has 7 rings (SSSR count). The first-order valence-corrected chi connectivity index (χ1v) is 13.9. The normalized spacial score (nSPS) is 11.2. The van der Waals surface area contributed by atoms with E-state index < -0.39 is 0 Å². The van der Waals surface area contributed by atoms with Crippen LogP contribution in [0.25, 0.3) is 43.4 Å². The van der Waals surface area contributed by atoms with Crippen molar-refractivity contribution < 1.29 is 4.74 Å². The van der Waals surface area contributed by atoms with Gasteiger partial charge in [0.1, 0.15) is 5.75 Å². The molecule has 0 spiro atoms. The molecule has 0 aliphatic carbocycles. The zero-order valence-corrected chi connectivity index (χ0v) is 22.9. The Morgan fingerprint density at radius 3 is 1.62 bits per heavy atom. The molecular weight excluding hydrogens is 507 g/mol. The molecule has 7 aromatic carbocycles. The molecule has 0 N–H and O–H groups in total. The van der Waals surface area contributed by atoms with Crippen molar-refractivity contribution >= 4 is 67.0 Å². The quantitative estimate of drug-likeness (QED) is 0.161. The fourth-order valence-electron chi connectivity index (χ4n) is 6.17. The van der Waals surface area contributed by atoms with Crippen molar-refractivity contribution in [2.45, 2.75) is 0 Å². The first kappa shape index (κ1) is 24.5. The van der Waals surface area contributed by atoms with Gasteiger partial charge in [-0.2, -0.15) is 0 Å². The van der Waals surface area contributed by atoms with Crippen molar-refractivity contribution in [1.29, 1.82) is 0 Å². The molecule has 0 aliphatic rings. The Morgan fingerprint density at radius 1 is 0.475 bits per heavy atom. The van der Waals surface area contributed by atoms with E-state index in [4.69, 9.17) is 16.3 Å². The molecule has 0 atom stereocenters. The molecule has 0 saturated carbocycles. The summed E-state index contributed by atoms with van der Waals surface area (Å²) < 4.78 is 5.79. The van der Waals surface area contributed by atoms with Gasteiger partial charge in [-0.05, 0) is 62.1 Å². The SMILES string of the molecule is COc1cc(Cl)ccc1-c1cc2c3ccccc3c(B(c3ccccc3)c3ccccc3)cc2c2ccccc12. The molecular formula is C37H26BClO. The summed E-state index contributed by atoms with van der Waals surface area (Å²) in [6, 6.07) is 49.8. The maximum absolute atomic E-state index is 6.34. The third-order valence-electron chi connectivity index (χ3n) is 7.94. The van der Waals surface area contributed by atoms with Crippen LogP contribution in [-0.4, -0.2) is 13.8 Å². The molecule has 40 heavy (non-hydrogen) atoms. The predicted octanol–water partition coefficient (Wildman–Crippen LogP) is 7.99. The third kappa shape index (κ3) is 4.13. The van der Waals surface area contributed by atoms with E-state index in [1.807, 2.05) is 12.1 Å². The molecule has 0 amide bonds. The van der Waals surface area contributed by atoms with Crippen LogP contribution in [0.5, 0.6) is 5.75 Å². The summed E-state index contributed by atoms with van der Waals surface area (Å²) in [6.45, 7) is 0.103. The van der Waals surface area contributed by atoms with Crippen LogP contribution < -0.4 is 21.1 Å². The zero-order valence-electron chi connectivity index (χ0n) is 22.1. The summed E-state index contributed by atoms with van der Waals surface area (Å²) in [6.07, 6.45) is 0. The van der Waals surface area contributed by atoms with E-state index >= 15 is 0 Å². The monoisotopic (exact) mass is 532 g/mol. The highest BCUT2D eigenvalue weighted by Gasteiger charge is 2.25. The fourth-order valence-corrected chi connectivity index (χ4v) is 6.33. The molecule has 0 heterocycles. The van der Waals surface area contributed by atoms with E-state index in [-0.39, 0.29) is 6.71 Å². The molecule has 0 saturated heterocycles. The summed E-state index contributed by atoms with van der Waals surface area (Å²) in [5.74, 6) is 0.770. The number of fused-ring (bicyclic) bond motifs is 5. The highest BCUT2D eigenvalue weighted by atomic mass is 35.5. The van der Waals surface area contributed by atoms with Crippen molar-refractivity contribution in [3.8, 4) is 16.9 Å². The Hall–Kier alpha value is -4.53. The lowest BCUT2D eigenvalue weighted by molar-refractivity contribution is 0.416. The molecule has 0 aromatic heterocycles. The number of benzene rings is 7. The van der Waals surface area contributed by atoms with Gasteiger partial charge in [0.25, 0.3) is 0 Å². The molecule has 0 unspecified atom stereocenters. The van der Waals surface area contributed by atoms with Gasteiger partial charge >= 0.3 is 0 Å². The lowest BCUT2D eigenvalue weighted by atomic mass is 9.36. The maximum Gasteiger partial charge on any atom is 0.242 e. The van der Waals surface area contributed by atoms with E-state index in [0.29, 0.717) is 5.02 Å². The number of ether oxygens (including phenoxy) is 1. The first-order chi connectivity index (χ1) is 19.7. The molecule has 7 aromatic rings. The molecule has 3 heteroatoms. The minimum Gasteiger partial charge on any atom is -0.496 e. The van der Waals surface area contributed by atoms with Crippen molar-refractivity contribution in [3.05, 3.63) is 145 Å². The van der Waals surface area contributed by atoms with Crippen LogP contribution in [0.15, 0.2) is 140 Å². The first-order valence-electron chi connectivity index (χ1n) is 13.5. The van der Waals surface area contributed by atoms with Gasteiger partial charge in [0.05, 0.1) is 7.11 Å². The highest BCUT2D eigenvalue weighted by Crippen LogP contribution is 2.41. The van der Waals surface area contributed by atoms with Crippen LogP contribution in [0, 0.1) is 0 Å². The molecule has 0 bridgehead atoms. The Morgan fingerprint density at radius 2 is 1.00 bits per heavy atom. The minimum absolute atomic E-state index is 0.103. The van der Waals surface area contributed by atoms with Gasteiger partial charge in [0, 0.05) is 10.6 Å². The Labute approximate surface area is 239 Å². The topological polar surface area (TPSA) is 9.23 Å². The maximum atomic E-state index is 6.34. The van der Waals surface area contributed by atoms with Gasteiger partial charge in [0.2, 0.25) is 6.71 Å². The van der Waals surface area contributed by atoms with Gasteiger partial charge in [-0.25, -0.2) is 0 Å². The summed E-state index contributed by atoms with van der Waals surface area (Å²) >= 11 is 6.34. The Kier molecular flexibility index (Phi) is 6.26. The van der Waals surface area contributed by atoms with Crippen LogP contribution in [0.3, 0.4) is 0 Å². The van der Waals surface area contributed by atoms with E-state index in [1.165, 1.54) is 48.7 Å². The number of hydrogen-bond acceptors (Lipinski definition) is 1. The average Bonchev–Trinajstić information content (AvgIpc) is 3.02. The predicted molar refractivity (Wildman–Crippen MR) is 173 cm³/mol. The van der Waals surface area contributed by atoms with Gasteiger partial charge < -0.3 is 4.74 Å². The Bertz CT molecular complexity index is 1960. The molecule has 0 aliphatic heterocycles. The van der Waals surface area contributed by atoms with Crippen LogP contribution in [0.1, 0.15) is 0 Å². The number of halogens is 1. The second kappa shape index (κ2) is 10.2. The van der Waals surface area contributed by atoms with Gasteiger partial charge in [-0.1, -0.05) is 143 Å². The second-order valence-corrected chi connectivity index (χ2v) is 10.6. The van der Waals surface area contributed by atoms with Gasteiger partial charge in [-0.15, -0.1) is 0 Å². The number of hydrogen-bond donors (Lipinski definition) is 0. The van der Waals surface area contributed by atoms with Crippen molar-refractivity contribution in [2.24, 2.45) is 0 Å². The van der Waals surface area contributed by atoms with E-state index in [2.05, 4.69) is 127 Å². The van der Waals surface area contributed by atoms with E-state index in [1.54, 1.807) is 7.11 Å². The standard InChI is InChI=1S/C37H26BClO/c1-40-37-22-27(39)20-21-32(37)33-23-34-30-18-10-11-19-31(30)36(24-35(34)29-17-9-8-16-28(29)33)38(25-12-4-2-5-13-25)26-14-6-3-7-15-26/h2-24H,1H3. The molecule has 190 valence electrons. The van der Waals surface area contributed by atoms with Crippen LogP contribution in [-0.2, 0) is 0 Å². The number of rotatable bonds is 5. The third-order valence-corrected chi connectivity index (χ3v) is 8.18. The number of methoxy groups -OCH3 is 1. The fraction of sp³-hybridized carbons (Fsp3) is 0.0270. The summed E-state index contributed by atoms with van der Waals surface area (Å²) in [7, 11) is 1.70. The van der Waals surface area contributed by atoms with E-state index in [9.17, 15) is 0 Å². The van der Waals surface area contributed by atoms with Crippen LogP contribution >= 0.6 is 11.6 Å². The lowest BCUT2D eigenvalue weighted by Crippen LogP contribution is -2.52. The molecule has 1 nitrogen and oxygen atoms in total. The van der Waals surface area contributed by atoms with Crippen molar-refractivity contribution in [2.75, 3.05) is 7.11 Å². The highest BCUT2D eigenvalue weighted by molar-refractivity contribution is 6.97. The molecule has 0 radical (unpaired) electrons. The second-order valence-electron chi connectivity index (χ2n) is 10.2. The van der Waals surface area contributed by atoms with Crippen molar-refractivity contribution in [3.63, 3.8) is 0 Å². The summed E-state index contributed by atoms with van der Waals surface area (Å²) in [4.78, 5) is 0. The lowest BCUT2D eigenvalue weighted by Gasteiger charge is -2.21. The van der Waals surface area contributed by atoms with E-state index in [0.717, 1.165) is 16.9 Å². The Balaban J connectivity index is 1.61. The van der Waals surface area contributed by atoms with Gasteiger partial charge in [0.15, 0.2) is 0 Å². The zero-order chi connectivity index (χ0) is 27.1. The summed E-state index contributed by atoms with van der Waals surface area (Å²) in [5.41, 5.74) is 6.04. The van der Waals surface area contributed by atoms with Crippen LogP contribution in [0.4, 0.5) is 0 Å². The average molecular weight is 533 g/mol. The summed E-state index contributed by atoms with van der Waals surface area (Å²) in [5, 5.41) is 8.05. The largest absolute Gasteiger partial charge is 0.496 e. The minimum atomic E-state index is 0.103. The molecule has 0 fully saturated rings. The van der Waals surface area contributed by atoms with Crippen molar-refractivity contribution in [1.82, 2.24) is 0 Å². The van der Waals surface area contributed by atoms with Crippen LogP contribution in [0.2, 0.25) is 5.02 Å². The smallest absolute Gasteiger partial charge is 0.242 e.